The molecule has 3 heterocycles. The number of benzene rings is 1. The number of nitrogens with zero attached hydrogens (tertiary/aromatic N) is 3. The van der Waals surface area contributed by atoms with Gasteiger partial charge in [0, 0.05) is 29.5 Å². The van der Waals surface area contributed by atoms with Gasteiger partial charge in [0.05, 0.1) is 24.8 Å². The van der Waals surface area contributed by atoms with Gasteiger partial charge in [-0.3, -0.25) is 9.78 Å². The maximum Gasteiger partial charge on any atom is 0.267 e. The van der Waals surface area contributed by atoms with E-state index in [1.54, 1.807) is 18.5 Å². The van der Waals surface area contributed by atoms with Gasteiger partial charge in [0.2, 0.25) is 0 Å². The summed E-state index contributed by atoms with van der Waals surface area (Å²) in [7, 11) is 0. The third kappa shape index (κ3) is 2.57. The lowest BCUT2D eigenvalue weighted by atomic mass is 10.1. The molecule has 6 nitrogen and oxygen atoms in total. The van der Waals surface area contributed by atoms with Crippen LogP contribution in [0.3, 0.4) is 0 Å². The number of nitrogens with one attached hydrogen (secondary N) is 1. The average molecular weight is 308 g/mol. The third-order valence-corrected chi connectivity index (χ3v) is 4.10. The van der Waals surface area contributed by atoms with Gasteiger partial charge in [0.15, 0.2) is 0 Å². The molecule has 4 rings (SSSR count). The standard InChI is InChI=1S/C17H16N4O2/c22-17-6-3-8-19-21(17)16-11-23-10-15(16)20-14-7-9-18-13-5-2-1-4-12(13)14/h1-9,15-16H,10-11H2,(H,18,20). The fraction of sp³-hybridized carbons (Fsp3) is 0.235. The second-order valence-corrected chi connectivity index (χ2v) is 5.54. The Morgan fingerprint density at radius 1 is 1.09 bits per heavy atom. The van der Waals surface area contributed by atoms with Crippen molar-refractivity contribution in [1.82, 2.24) is 14.8 Å². The molecular formula is C17H16N4O2. The molecule has 2 aromatic heterocycles. The number of fused-ring (bicyclic) bond motifs is 1. The minimum absolute atomic E-state index is 0.0200. The minimum atomic E-state index is -0.129. The Balaban J connectivity index is 1.67. The van der Waals surface area contributed by atoms with E-state index in [1.807, 2.05) is 30.3 Å². The first kappa shape index (κ1) is 13.9. The Kier molecular flexibility index (Phi) is 3.51. The highest BCUT2D eigenvalue weighted by molar-refractivity contribution is 5.91. The molecule has 0 saturated carbocycles. The molecule has 1 fully saturated rings. The summed E-state index contributed by atoms with van der Waals surface area (Å²) in [5.41, 5.74) is 1.80. The normalized spacial score (nSPS) is 20.7. The molecule has 116 valence electrons. The van der Waals surface area contributed by atoms with E-state index in [4.69, 9.17) is 4.74 Å². The molecule has 23 heavy (non-hydrogen) atoms. The van der Waals surface area contributed by atoms with Gasteiger partial charge in [0.1, 0.15) is 6.04 Å². The van der Waals surface area contributed by atoms with Gasteiger partial charge < -0.3 is 10.1 Å². The van der Waals surface area contributed by atoms with Crippen LogP contribution >= 0.6 is 0 Å². The number of ether oxygens (including phenoxy) is 1. The predicted molar refractivity (Wildman–Crippen MR) is 87.5 cm³/mol. The van der Waals surface area contributed by atoms with Crippen LogP contribution < -0.4 is 10.9 Å². The molecule has 1 aliphatic rings. The van der Waals surface area contributed by atoms with E-state index in [9.17, 15) is 4.79 Å². The van der Waals surface area contributed by atoms with E-state index < -0.39 is 0 Å². The number of rotatable bonds is 3. The second-order valence-electron chi connectivity index (χ2n) is 5.54. The summed E-state index contributed by atoms with van der Waals surface area (Å²) in [4.78, 5) is 16.4. The highest BCUT2D eigenvalue weighted by Crippen LogP contribution is 2.26. The molecule has 3 aromatic rings. The summed E-state index contributed by atoms with van der Waals surface area (Å²) >= 11 is 0. The van der Waals surface area contributed by atoms with Crippen LogP contribution in [0.4, 0.5) is 5.69 Å². The van der Waals surface area contributed by atoms with Crippen LogP contribution in [-0.2, 0) is 4.74 Å². The minimum Gasteiger partial charge on any atom is -0.377 e. The molecule has 0 aliphatic carbocycles. The van der Waals surface area contributed by atoms with Crippen molar-refractivity contribution < 1.29 is 4.74 Å². The summed E-state index contributed by atoms with van der Waals surface area (Å²) in [6.45, 7) is 1.00. The Hall–Kier alpha value is -2.73. The molecule has 2 unspecified atom stereocenters. The monoisotopic (exact) mass is 308 g/mol. The lowest BCUT2D eigenvalue weighted by molar-refractivity contribution is 0.183. The molecule has 0 spiro atoms. The van der Waals surface area contributed by atoms with Crippen molar-refractivity contribution in [2.75, 3.05) is 18.5 Å². The van der Waals surface area contributed by atoms with Crippen molar-refractivity contribution in [1.29, 1.82) is 0 Å². The maximum absolute atomic E-state index is 12.0. The predicted octanol–water partition coefficient (Wildman–Crippen LogP) is 1.84. The number of anilines is 1. The van der Waals surface area contributed by atoms with Gasteiger partial charge >= 0.3 is 0 Å². The molecular weight excluding hydrogens is 292 g/mol. The molecule has 0 radical (unpaired) electrons. The topological polar surface area (TPSA) is 69.0 Å². The first-order valence-electron chi connectivity index (χ1n) is 7.55. The number of pyridine rings is 1. The molecule has 0 bridgehead atoms. The van der Waals surface area contributed by atoms with E-state index >= 15 is 0 Å². The average Bonchev–Trinajstić information content (AvgIpc) is 3.04. The quantitative estimate of drug-likeness (QED) is 0.799. The Labute approximate surface area is 132 Å². The summed E-state index contributed by atoms with van der Waals surface area (Å²) in [5, 5.41) is 8.73. The molecule has 1 N–H and O–H groups in total. The highest BCUT2D eigenvalue weighted by atomic mass is 16.5. The molecule has 1 saturated heterocycles. The SMILES string of the molecule is O=c1cccnn1C1COCC1Nc1ccnc2ccccc12. The number of hydrogen-bond donors (Lipinski definition) is 1. The summed E-state index contributed by atoms with van der Waals surface area (Å²) in [6.07, 6.45) is 3.40. The fourth-order valence-electron chi connectivity index (χ4n) is 2.96. The van der Waals surface area contributed by atoms with Gasteiger partial charge in [-0.05, 0) is 18.2 Å². The first-order chi connectivity index (χ1) is 11.3. The van der Waals surface area contributed by atoms with Crippen LogP contribution in [0.2, 0.25) is 0 Å². The zero-order valence-corrected chi connectivity index (χ0v) is 12.4. The fourth-order valence-corrected chi connectivity index (χ4v) is 2.96. The molecule has 1 aliphatic heterocycles. The van der Waals surface area contributed by atoms with Gasteiger partial charge in [0.25, 0.3) is 5.56 Å². The second kappa shape index (κ2) is 5.81. The van der Waals surface area contributed by atoms with Crippen LogP contribution in [0.25, 0.3) is 10.9 Å². The lowest BCUT2D eigenvalue weighted by Gasteiger charge is -2.21. The zero-order valence-electron chi connectivity index (χ0n) is 12.4. The van der Waals surface area contributed by atoms with E-state index in [0.29, 0.717) is 13.2 Å². The highest BCUT2D eigenvalue weighted by Gasteiger charge is 2.31. The summed E-state index contributed by atoms with van der Waals surface area (Å²) in [6, 6.07) is 12.9. The smallest absolute Gasteiger partial charge is 0.267 e. The van der Waals surface area contributed by atoms with Crippen molar-refractivity contribution >= 4 is 16.6 Å². The largest absolute Gasteiger partial charge is 0.377 e. The third-order valence-electron chi connectivity index (χ3n) is 4.10. The maximum atomic E-state index is 12.0. The van der Waals surface area contributed by atoms with Crippen LogP contribution in [0.5, 0.6) is 0 Å². The number of aromatic nitrogens is 3. The van der Waals surface area contributed by atoms with Gasteiger partial charge in [-0.25, -0.2) is 4.68 Å². The summed E-state index contributed by atoms with van der Waals surface area (Å²) in [5.74, 6) is 0. The van der Waals surface area contributed by atoms with Crippen LogP contribution in [0.15, 0.2) is 59.7 Å². The van der Waals surface area contributed by atoms with E-state index in [0.717, 1.165) is 16.6 Å². The van der Waals surface area contributed by atoms with Crippen molar-refractivity contribution in [3.05, 3.63) is 65.2 Å². The van der Waals surface area contributed by atoms with Crippen LogP contribution in [0, 0.1) is 0 Å². The van der Waals surface area contributed by atoms with E-state index in [1.165, 1.54) is 10.7 Å². The van der Waals surface area contributed by atoms with Crippen molar-refractivity contribution in [3.8, 4) is 0 Å². The Morgan fingerprint density at radius 2 is 2.00 bits per heavy atom. The van der Waals surface area contributed by atoms with Gasteiger partial charge in [-0.15, -0.1) is 0 Å². The molecule has 1 aromatic carbocycles. The molecule has 6 heteroatoms. The zero-order chi connectivity index (χ0) is 15.6. The number of para-hydroxylation sites is 1. The van der Waals surface area contributed by atoms with E-state index in [2.05, 4.69) is 15.4 Å². The Morgan fingerprint density at radius 3 is 2.91 bits per heavy atom. The van der Waals surface area contributed by atoms with Crippen molar-refractivity contribution in [2.24, 2.45) is 0 Å². The lowest BCUT2D eigenvalue weighted by Crippen LogP contribution is -2.36. The van der Waals surface area contributed by atoms with Crippen LogP contribution in [-0.4, -0.2) is 34.0 Å². The van der Waals surface area contributed by atoms with Gasteiger partial charge in [-0.1, -0.05) is 18.2 Å². The van der Waals surface area contributed by atoms with Crippen LogP contribution in [0.1, 0.15) is 6.04 Å². The number of hydrogen-bond acceptors (Lipinski definition) is 5. The Bertz CT molecular complexity index is 887. The first-order valence-corrected chi connectivity index (χ1v) is 7.55. The van der Waals surface area contributed by atoms with Crippen molar-refractivity contribution in [2.45, 2.75) is 12.1 Å². The van der Waals surface area contributed by atoms with E-state index in [-0.39, 0.29) is 17.6 Å². The molecule has 0 amide bonds. The van der Waals surface area contributed by atoms with Gasteiger partial charge in [-0.2, -0.15) is 5.10 Å². The summed E-state index contributed by atoms with van der Waals surface area (Å²) < 4.78 is 7.08. The van der Waals surface area contributed by atoms with Crippen molar-refractivity contribution in [3.63, 3.8) is 0 Å². The molecule has 2 atom stereocenters.